The summed E-state index contributed by atoms with van der Waals surface area (Å²) in [4.78, 5) is 5.87. The fraction of sp³-hybridized carbons (Fsp3) is 0.625. The Balaban J connectivity index is 0.000000720. The third-order valence-electron chi connectivity index (χ3n) is 2.08. The van der Waals surface area contributed by atoms with Crippen molar-refractivity contribution >= 4 is 36.2 Å². The van der Waals surface area contributed by atoms with Crippen molar-refractivity contribution < 1.29 is 0 Å². The maximum absolute atomic E-state index is 5.84. The van der Waals surface area contributed by atoms with Crippen molar-refractivity contribution in [2.24, 2.45) is 5.73 Å². The molecule has 5 heteroatoms. The molecule has 1 aliphatic rings. The molecule has 2 rings (SSSR count). The topological polar surface area (TPSA) is 38.9 Å². The maximum Gasteiger partial charge on any atom is 0.0900 e. The second-order valence-electron chi connectivity index (χ2n) is 3.11. The number of thiazole rings is 1. The van der Waals surface area contributed by atoms with E-state index in [1.54, 1.807) is 11.3 Å². The molecule has 0 aliphatic heterocycles. The van der Waals surface area contributed by atoms with Gasteiger partial charge in [0.25, 0.3) is 0 Å². The van der Waals surface area contributed by atoms with Gasteiger partial charge in [-0.15, -0.1) is 36.2 Å². The normalized spacial score (nSPS) is 19.7. The molecule has 76 valence electrons. The van der Waals surface area contributed by atoms with E-state index in [2.05, 4.69) is 11.9 Å². The molecule has 1 unspecified atom stereocenters. The third-order valence-corrected chi connectivity index (χ3v) is 3.12. The van der Waals surface area contributed by atoms with Gasteiger partial charge < -0.3 is 5.73 Å². The summed E-state index contributed by atoms with van der Waals surface area (Å²) in [6.07, 6.45) is 3.23. The van der Waals surface area contributed by atoms with Crippen LogP contribution in [0.4, 0.5) is 0 Å². The minimum Gasteiger partial charge on any atom is -0.327 e. The lowest BCUT2D eigenvalue weighted by molar-refractivity contribution is 0.576. The maximum atomic E-state index is 5.84. The Morgan fingerprint density at radius 1 is 1.46 bits per heavy atom. The first kappa shape index (κ1) is 13.2. The molecule has 0 aromatic carbocycles. The fourth-order valence-corrected chi connectivity index (χ4v) is 2.60. The van der Waals surface area contributed by atoms with E-state index in [9.17, 15) is 0 Å². The van der Waals surface area contributed by atoms with Crippen LogP contribution < -0.4 is 5.73 Å². The average Bonchev–Trinajstić information content (AvgIpc) is 2.27. The highest BCUT2D eigenvalue weighted by Crippen LogP contribution is 2.25. The predicted octanol–water partition coefficient (Wildman–Crippen LogP) is 2.11. The van der Waals surface area contributed by atoms with Gasteiger partial charge >= 0.3 is 0 Å². The number of halogens is 2. The highest BCUT2D eigenvalue weighted by atomic mass is 35.5. The molecule has 0 saturated carbocycles. The Hall–Kier alpha value is 0.170. The highest BCUT2D eigenvalue weighted by molar-refractivity contribution is 7.11. The summed E-state index contributed by atoms with van der Waals surface area (Å²) in [5.41, 5.74) is 7.14. The van der Waals surface area contributed by atoms with Crippen LogP contribution in [0.25, 0.3) is 0 Å². The number of fused-ring (bicyclic) bond motifs is 1. The number of aryl methyl sites for hydroxylation is 2. The van der Waals surface area contributed by atoms with Crippen molar-refractivity contribution in [1.29, 1.82) is 0 Å². The van der Waals surface area contributed by atoms with Crippen LogP contribution in [0.15, 0.2) is 0 Å². The van der Waals surface area contributed by atoms with Crippen LogP contribution in [0, 0.1) is 6.92 Å². The first-order valence-corrected chi connectivity index (χ1v) is 4.78. The van der Waals surface area contributed by atoms with Gasteiger partial charge in [-0.05, 0) is 26.2 Å². The highest BCUT2D eigenvalue weighted by Gasteiger charge is 2.18. The van der Waals surface area contributed by atoms with E-state index in [1.165, 1.54) is 15.6 Å². The number of hydrogen-bond acceptors (Lipinski definition) is 3. The Kier molecular flexibility index (Phi) is 5.22. The Morgan fingerprint density at radius 3 is 2.85 bits per heavy atom. The molecule has 2 nitrogen and oxygen atoms in total. The molecular formula is C8H14Cl2N2S. The zero-order valence-corrected chi connectivity index (χ0v) is 9.90. The van der Waals surface area contributed by atoms with Gasteiger partial charge in [-0.25, -0.2) is 4.98 Å². The molecule has 13 heavy (non-hydrogen) atoms. The van der Waals surface area contributed by atoms with Gasteiger partial charge in [-0.3, -0.25) is 0 Å². The van der Waals surface area contributed by atoms with Crippen LogP contribution in [0.1, 0.15) is 22.0 Å². The van der Waals surface area contributed by atoms with E-state index in [0.29, 0.717) is 6.04 Å². The Labute approximate surface area is 94.8 Å². The molecule has 0 radical (unpaired) electrons. The van der Waals surface area contributed by atoms with Gasteiger partial charge in [0.2, 0.25) is 0 Å². The van der Waals surface area contributed by atoms with Crippen molar-refractivity contribution in [3.63, 3.8) is 0 Å². The lowest BCUT2D eigenvalue weighted by Gasteiger charge is -2.15. The van der Waals surface area contributed by atoms with Crippen LogP contribution in [0.2, 0.25) is 0 Å². The molecule has 2 N–H and O–H groups in total. The quantitative estimate of drug-likeness (QED) is 0.755. The molecule has 0 amide bonds. The number of hydrogen-bond donors (Lipinski definition) is 1. The minimum atomic E-state index is 0. The molecule has 1 atom stereocenters. The van der Waals surface area contributed by atoms with Crippen LogP contribution in [0.5, 0.6) is 0 Å². The Bertz CT molecular complexity index is 275. The number of nitrogens with two attached hydrogens (primary N) is 1. The first-order chi connectivity index (χ1) is 5.25. The molecule has 0 spiro atoms. The summed E-state index contributed by atoms with van der Waals surface area (Å²) in [5, 5.41) is 1.18. The molecule has 1 aliphatic carbocycles. The SMILES string of the molecule is Cc1nc2c(s1)CC(N)CC2.Cl.Cl. The van der Waals surface area contributed by atoms with Gasteiger partial charge in [0.05, 0.1) is 10.7 Å². The molecule has 1 aromatic rings. The van der Waals surface area contributed by atoms with E-state index in [-0.39, 0.29) is 24.8 Å². The molecule has 1 heterocycles. The van der Waals surface area contributed by atoms with Gasteiger partial charge in [0.1, 0.15) is 0 Å². The number of rotatable bonds is 0. The summed E-state index contributed by atoms with van der Waals surface area (Å²) in [5.74, 6) is 0. The van der Waals surface area contributed by atoms with Crippen molar-refractivity contribution in [3.05, 3.63) is 15.6 Å². The molecule has 1 aromatic heterocycles. The van der Waals surface area contributed by atoms with Crippen molar-refractivity contribution in [2.45, 2.75) is 32.2 Å². The van der Waals surface area contributed by atoms with E-state index >= 15 is 0 Å². The number of nitrogens with zero attached hydrogens (tertiary/aromatic N) is 1. The van der Waals surface area contributed by atoms with Gasteiger partial charge in [-0.2, -0.15) is 0 Å². The van der Waals surface area contributed by atoms with E-state index in [0.717, 1.165) is 19.3 Å². The molecule has 0 fully saturated rings. The second kappa shape index (κ2) is 5.15. The lowest BCUT2D eigenvalue weighted by atomic mass is 9.99. The largest absolute Gasteiger partial charge is 0.327 e. The average molecular weight is 241 g/mol. The van der Waals surface area contributed by atoms with Gasteiger partial charge in [0, 0.05) is 10.9 Å². The smallest absolute Gasteiger partial charge is 0.0900 e. The fourth-order valence-electron chi connectivity index (χ4n) is 1.53. The second-order valence-corrected chi connectivity index (χ2v) is 4.39. The monoisotopic (exact) mass is 240 g/mol. The molecular weight excluding hydrogens is 227 g/mol. The summed E-state index contributed by atoms with van der Waals surface area (Å²) in [6, 6.07) is 0.377. The zero-order valence-electron chi connectivity index (χ0n) is 7.45. The standard InChI is InChI=1S/C8H12N2S.2ClH/c1-5-10-7-3-2-6(9)4-8(7)11-5;;/h6H,2-4,9H2,1H3;2*1H. The molecule has 0 bridgehead atoms. The summed E-state index contributed by atoms with van der Waals surface area (Å²) in [7, 11) is 0. The summed E-state index contributed by atoms with van der Waals surface area (Å²) in [6.45, 7) is 2.06. The van der Waals surface area contributed by atoms with Crippen LogP contribution in [-0.4, -0.2) is 11.0 Å². The van der Waals surface area contributed by atoms with Crippen LogP contribution >= 0.6 is 36.2 Å². The van der Waals surface area contributed by atoms with Gasteiger partial charge in [0.15, 0.2) is 0 Å². The predicted molar refractivity (Wildman–Crippen MR) is 61.3 cm³/mol. The van der Waals surface area contributed by atoms with Crippen LogP contribution in [-0.2, 0) is 12.8 Å². The zero-order chi connectivity index (χ0) is 7.84. The third kappa shape index (κ3) is 2.81. The van der Waals surface area contributed by atoms with Gasteiger partial charge in [-0.1, -0.05) is 0 Å². The van der Waals surface area contributed by atoms with E-state index in [4.69, 9.17) is 5.73 Å². The van der Waals surface area contributed by atoms with E-state index < -0.39 is 0 Å². The van der Waals surface area contributed by atoms with Crippen molar-refractivity contribution in [2.75, 3.05) is 0 Å². The first-order valence-electron chi connectivity index (χ1n) is 3.96. The van der Waals surface area contributed by atoms with Crippen molar-refractivity contribution in [3.8, 4) is 0 Å². The van der Waals surface area contributed by atoms with E-state index in [1.807, 2.05) is 0 Å². The Morgan fingerprint density at radius 2 is 2.15 bits per heavy atom. The summed E-state index contributed by atoms with van der Waals surface area (Å²) >= 11 is 1.80. The summed E-state index contributed by atoms with van der Waals surface area (Å²) < 4.78 is 0. The van der Waals surface area contributed by atoms with Crippen LogP contribution in [0.3, 0.4) is 0 Å². The van der Waals surface area contributed by atoms with Crippen molar-refractivity contribution in [1.82, 2.24) is 4.98 Å². The minimum absolute atomic E-state index is 0. The molecule has 0 saturated heterocycles. The lowest BCUT2D eigenvalue weighted by Crippen LogP contribution is -2.26. The number of aromatic nitrogens is 1.